The molecular weight excluding hydrogens is 293 g/mol. The van der Waals surface area contributed by atoms with Crippen molar-refractivity contribution in [1.82, 2.24) is 4.72 Å². The van der Waals surface area contributed by atoms with Gasteiger partial charge in [0.2, 0.25) is 10.0 Å². The molecule has 0 bridgehead atoms. The molecule has 1 aromatic carbocycles. The summed E-state index contributed by atoms with van der Waals surface area (Å²) in [5.74, 6) is 4.73. The van der Waals surface area contributed by atoms with Crippen LogP contribution in [0.5, 0.6) is 0 Å². The predicted octanol–water partition coefficient (Wildman–Crippen LogP) is 1.88. The molecule has 1 aromatic rings. The molecule has 0 amide bonds. The average Bonchev–Trinajstić information content (AvgIpc) is 2.41. The number of sulfonamides is 1. The van der Waals surface area contributed by atoms with Gasteiger partial charge >= 0.3 is 0 Å². The Kier molecular flexibility index (Phi) is 6.82. The molecule has 0 saturated carbocycles. The van der Waals surface area contributed by atoms with Crippen LogP contribution >= 0.6 is 0 Å². The summed E-state index contributed by atoms with van der Waals surface area (Å²) in [5.41, 5.74) is 0.0420. The van der Waals surface area contributed by atoms with Crippen LogP contribution < -0.4 is 4.72 Å². The van der Waals surface area contributed by atoms with Crippen LogP contribution in [0.25, 0.3) is 0 Å². The number of halogens is 1. The summed E-state index contributed by atoms with van der Waals surface area (Å²) in [6, 6.07) is 3.31. The SMILES string of the molecule is CC(C)CCCNS(=O)(=O)c1ccc(F)cc1C#CCO. The first-order valence-electron chi connectivity index (χ1n) is 6.75. The molecule has 0 aliphatic rings. The van der Waals surface area contributed by atoms with Crippen molar-refractivity contribution in [2.24, 2.45) is 5.92 Å². The second-order valence-electron chi connectivity index (χ2n) is 5.03. The zero-order valence-electron chi connectivity index (χ0n) is 12.2. The van der Waals surface area contributed by atoms with Crippen molar-refractivity contribution in [3.63, 3.8) is 0 Å². The summed E-state index contributed by atoms with van der Waals surface area (Å²) in [5, 5.41) is 8.68. The van der Waals surface area contributed by atoms with Gasteiger partial charge in [-0.1, -0.05) is 25.7 Å². The van der Waals surface area contributed by atoms with Crippen molar-refractivity contribution in [3.8, 4) is 11.8 Å². The van der Waals surface area contributed by atoms with E-state index in [4.69, 9.17) is 5.11 Å². The summed E-state index contributed by atoms with van der Waals surface area (Å²) in [6.45, 7) is 4.04. The maximum Gasteiger partial charge on any atom is 0.241 e. The highest BCUT2D eigenvalue weighted by Crippen LogP contribution is 2.16. The van der Waals surface area contributed by atoms with Gasteiger partial charge < -0.3 is 5.11 Å². The van der Waals surface area contributed by atoms with E-state index in [1.807, 2.05) is 0 Å². The lowest BCUT2D eigenvalue weighted by molar-refractivity contribution is 0.350. The molecule has 0 heterocycles. The highest BCUT2D eigenvalue weighted by molar-refractivity contribution is 7.89. The lowest BCUT2D eigenvalue weighted by Crippen LogP contribution is -2.25. The maximum absolute atomic E-state index is 13.2. The van der Waals surface area contributed by atoms with E-state index >= 15 is 0 Å². The second-order valence-corrected chi connectivity index (χ2v) is 6.77. The maximum atomic E-state index is 13.2. The van der Waals surface area contributed by atoms with Gasteiger partial charge in [-0.2, -0.15) is 0 Å². The molecule has 6 heteroatoms. The number of rotatable bonds is 6. The Morgan fingerprint density at radius 2 is 2.10 bits per heavy atom. The van der Waals surface area contributed by atoms with E-state index < -0.39 is 22.4 Å². The minimum Gasteiger partial charge on any atom is -0.384 e. The molecular formula is C15H20FNO3S. The van der Waals surface area contributed by atoms with E-state index in [1.54, 1.807) is 0 Å². The number of nitrogens with one attached hydrogen (secondary N) is 1. The highest BCUT2D eigenvalue weighted by atomic mass is 32.2. The fraction of sp³-hybridized carbons (Fsp3) is 0.467. The Balaban J connectivity index is 2.92. The fourth-order valence-corrected chi connectivity index (χ4v) is 2.98. The van der Waals surface area contributed by atoms with Crippen LogP contribution in [0.1, 0.15) is 32.3 Å². The van der Waals surface area contributed by atoms with Crippen LogP contribution in [-0.2, 0) is 10.0 Å². The third-order valence-electron chi connectivity index (χ3n) is 2.78. The zero-order valence-corrected chi connectivity index (χ0v) is 13.0. The first-order valence-corrected chi connectivity index (χ1v) is 8.24. The molecule has 4 nitrogen and oxygen atoms in total. The van der Waals surface area contributed by atoms with Crippen molar-refractivity contribution >= 4 is 10.0 Å². The van der Waals surface area contributed by atoms with Crippen LogP contribution in [-0.4, -0.2) is 26.7 Å². The minimum absolute atomic E-state index is 0.0420. The molecule has 116 valence electrons. The Morgan fingerprint density at radius 3 is 2.71 bits per heavy atom. The molecule has 2 N–H and O–H groups in total. The predicted molar refractivity (Wildman–Crippen MR) is 79.6 cm³/mol. The van der Waals surface area contributed by atoms with Crippen molar-refractivity contribution < 1.29 is 17.9 Å². The lowest BCUT2D eigenvalue weighted by Gasteiger charge is -2.09. The first-order chi connectivity index (χ1) is 9.86. The largest absolute Gasteiger partial charge is 0.384 e. The van der Waals surface area contributed by atoms with Gasteiger partial charge in [-0.05, 0) is 37.0 Å². The van der Waals surface area contributed by atoms with E-state index in [2.05, 4.69) is 30.4 Å². The molecule has 0 aromatic heterocycles. The highest BCUT2D eigenvalue weighted by Gasteiger charge is 2.17. The third-order valence-corrected chi connectivity index (χ3v) is 4.30. The number of hydrogen-bond donors (Lipinski definition) is 2. The summed E-state index contributed by atoms with van der Waals surface area (Å²) in [4.78, 5) is -0.0746. The van der Waals surface area contributed by atoms with Crippen LogP contribution in [0.15, 0.2) is 23.1 Å². The normalized spacial score (nSPS) is 11.3. The van der Waals surface area contributed by atoms with Crippen LogP contribution in [0, 0.1) is 23.6 Å². The van der Waals surface area contributed by atoms with Gasteiger partial charge in [-0.15, -0.1) is 0 Å². The average molecular weight is 313 g/mol. The Hall–Kier alpha value is -1.42. The van der Waals surface area contributed by atoms with Crippen molar-refractivity contribution in [3.05, 3.63) is 29.6 Å². The summed E-state index contributed by atoms with van der Waals surface area (Å²) >= 11 is 0. The standard InChI is InChI=1S/C15H20FNO3S/c1-12(2)5-3-9-17-21(19,20)15-8-7-14(16)11-13(15)6-4-10-18/h7-8,11-12,17-18H,3,5,9-10H2,1-2H3. The Labute approximate surface area is 125 Å². The van der Waals surface area contributed by atoms with Crippen molar-refractivity contribution in [1.29, 1.82) is 0 Å². The van der Waals surface area contributed by atoms with E-state index in [-0.39, 0.29) is 10.5 Å². The van der Waals surface area contributed by atoms with E-state index in [9.17, 15) is 12.8 Å². The van der Waals surface area contributed by atoms with Gasteiger partial charge in [0.15, 0.2) is 0 Å². The number of aliphatic hydroxyl groups excluding tert-OH is 1. The van der Waals surface area contributed by atoms with Gasteiger partial charge in [0.1, 0.15) is 12.4 Å². The monoisotopic (exact) mass is 313 g/mol. The molecule has 0 radical (unpaired) electrons. The van der Waals surface area contributed by atoms with Gasteiger partial charge in [0.05, 0.1) is 4.90 Å². The van der Waals surface area contributed by atoms with Gasteiger partial charge in [-0.3, -0.25) is 0 Å². The van der Waals surface area contributed by atoms with Gasteiger partial charge in [0, 0.05) is 12.1 Å². The Bertz CT molecular complexity index is 630. The molecule has 0 atom stereocenters. The molecule has 0 unspecified atom stereocenters. The topological polar surface area (TPSA) is 66.4 Å². The molecule has 0 saturated heterocycles. The molecule has 0 spiro atoms. The number of benzene rings is 1. The lowest BCUT2D eigenvalue weighted by atomic mass is 10.1. The van der Waals surface area contributed by atoms with Crippen molar-refractivity contribution in [2.45, 2.75) is 31.6 Å². The van der Waals surface area contributed by atoms with Crippen molar-refractivity contribution in [2.75, 3.05) is 13.2 Å². The number of aliphatic hydroxyl groups is 1. The second kappa shape index (κ2) is 8.13. The summed E-state index contributed by atoms with van der Waals surface area (Å²) in [7, 11) is -3.74. The van der Waals surface area contributed by atoms with Crippen LogP contribution in [0.3, 0.4) is 0 Å². The fourth-order valence-electron chi connectivity index (χ4n) is 1.76. The molecule has 0 aliphatic carbocycles. The summed E-state index contributed by atoms with van der Waals surface area (Å²) in [6.07, 6.45) is 1.65. The number of hydrogen-bond acceptors (Lipinski definition) is 3. The minimum atomic E-state index is -3.74. The van der Waals surface area contributed by atoms with Gasteiger partial charge in [0.25, 0.3) is 0 Å². The molecule has 1 rings (SSSR count). The Morgan fingerprint density at radius 1 is 1.38 bits per heavy atom. The molecule has 0 aliphatic heterocycles. The van der Waals surface area contributed by atoms with E-state index in [0.717, 1.165) is 25.0 Å². The molecule has 0 fully saturated rings. The quantitative estimate of drug-likeness (QED) is 0.622. The summed E-state index contributed by atoms with van der Waals surface area (Å²) < 4.78 is 40.1. The smallest absolute Gasteiger partial charge is 0.241 e. The van der Waals surface area contributed by atoms with E-state index in [1.165, 1.54) is 6.07 Å². The van der Waals surface area contributed by atoms with Crippen LogP contribution in [0.2, 0.25) is 0 Å². The van der Waals surface area contributed by atoms with Gasteiger partial charge in [-0.25, -0.2) is 17.5 Å². The van der Waals surface area contributed by atoms with E-state index in [0.29, 0.717) is 12.5 Å². The first kappa shape index (κ1) is 17.6. The zero-order chi connectivity index (χ0) is 15.9. The molecule has 21 heavy (non-hydrogen) atoms. The van der Waals surface area contributed by atoms with Crippen LogP contribution in [0.4, 0.5) is 4.39 Å². The third kappa shape index (κ3) is 5.84.